The Balaban J connectivity index is 2.38. The van der Waals surface area contributed by atoms with Crippen LogP contribution in [0.1, 0.15) is 18.1 Å². The molecule has 0 radical (unpaired) electrons. The molecule has 3 rings (SSSR count). The first kappa shape index (κ1) is 14.5. The lowest BCUT2D eigenvalue weighted by molar-refractivity contribution is 0.586. The van der Waals surface area contributed by atoms with E-state index in [1.807, 2.05) is 18.2 Å². The van der Waals surface area contributed by atoms with Crippen molar-refractivity contribution in [3.63, 3.8) is 0 Å². The smallest absolute Gasteiger partial charge is 0.148 e. The van der Waals surface area contributed by atoms with Crippen LogP contribution in [0.5, 0.6) is 0 Å². The molecule has 1 unspecified atom stereocenters. The molecule has 2 nitrogen and oxygen atoms in total. The molecule has 0 amide bonds. The van der Waals surface area contributed by atoms with Crippen LogP contribution < -0.4 is 0 Å². The van der Waals surface area contributed by atoms with Crippen molar-refractivity contribution in [1.82, 2.24) is 9.55 Å². The molecule has 3 aromatic rings. The Morgan fingerprint density at radius 3 is 2.62 bits per heavy atom. The summed E-state index contributed by atoms with van der Waals surface area (Å²) in [7, 11) is 0. The highest BCUT2D eigenvalue weighted by Gasteiger charge is 2.19. The van der Waals surface area contributed by atoms with Gasteiger partial charge < -0.3 is 0 Å². The second kappa shape index (κ2) is 5.39. The van der Waals surface area contributed by atoms with Gasteiger partial charge in [0.2, 0.25) is 0 Å². The molecular weight excluding hydrogens is 362 g/mol. The van der Waals surface area contributed by atoms with Crippen molar-refractivity contribution in [3.8, 4) is 5.69 Å². The van der Waals surface area contributed by atoms with Crippen molar-refractivity contribution < 1.29 is 8.78 Å². The Bertz CT molecular complexity index is 830. The summed E-state index contributed by atoms with van der Waals surface area (Å²) in [6.45, 7) is 1.74. The third-order valence-electron chi connectivity index (χ3n) is 3.17. The molecular formula is C15H10BrClF2N2. The normalized spacial score (nSPS) is 12.8. The molecule has 0 aliphatic rings. The van der Waals surface area contributed by atoms with Crippen LogP contribution in [-0.2, 0) is 0 Å². The zero-order valence-corrected chi connectivity index (χ0v) is 13.3. The quantitative estimate of drug-likeness (QED) is 0.438. The highest BCUT2D eigenvalue weighted by Crippen LogP contribution is 2.31. The average Bonchev–Trinajstić information content (AvgIpc) is 2.82. The van der Waals surface area contributed by atoms with E-state index in [0.717, 1.165) is 12.1 Å². The number of fused-ring (bicyclic) bond motifs is 1. The topological polar surface area (TPSA) is 17.8 Å². The first-order valence-corrected chi connectivity index (χ1v) is 7.48. The minimum atomic E-state index is -0.551. The first-order valence-electron chi connectivity index (χ1n) is 6.25. The lowest BCUT2D eigenvalue weighted by atomic mass is 10.2. The maximum atomic E-state index is 14.3. The molecule has 1 heterocycles. The van der Waals surface area contributed by atoms with Gasteiger partial charge in [0.05, 0.1) is 26.6 Å². The van der Waals surface area contributed by atoms with Gasteiger partial charge in [-0.3, -0.25) is 4.57 Å². The van der Waals surface area contributed by atoms with E-state index in [1.165, 1.54) is 0 Å². The molecule has 0 saturated heterocycles. The van der Waals surface area contributed by atoms with Gasteiger partial charge in [0.25, 0.3) is 0 Å². The van der Waals surface area contributed by atoms with E-state index in [2.05, 4.69) is 20.9 Å². The number of imidazole rings is 1. The molecule has 2 aromatic carbocycles. The summed E-state index contributed by atoms with van der Waals surface area (Å²) in [6, 6.07) is 9.49. The number of alkyl halides is 1. The molecule has 21 heavy (non-hydrogen) atoms. The molecule has 0 aliphatic heterocycles. The van der Waals surface area contributed by atoms with Crippen LogP contribution in [0.4, 0.5) is 8.78 Å². The molecule has 1 aromatic heterocycles. The summed E-state index contributed by atoms with van der Waals surface area (Å²) in [4.78, 5) is 4.41. The zero-order valence-electron chi connectivity index (χ0n) is 10.9. The lowest BCUT2D eigenvalue weighted by Crippen LogP contribution is -2.05. The predicted octanol–water partition coefficient (Wildman–Crippen LogP) is 5.37. The Morgan fingerprint density at radius 2 is 1.90 bits per heavy atom. The van der Waals surface area contributed by atoms with E-state index in [-0.39, 0.29) is 10.2 Å². The van der Waals surface area contributed by atoms with Gasteiger partial charge in [0, 0.05) is 6.07 Å². The maximum absolute atomic E-state index is 14.3. The van der Waals surface area contributed by atoms with Crippen molar-refractivity contribution in [2.45, 2.75) is 12.3 Å². The number of para-hydroxylation sites is 2. The largest absolute Gasteiger partial charge is 0.292 e. The van der Waals surface area contributed by atoms with Gasteiger partial charge in [-0.1, -0.05) is 12.1 Å². The van der Waals surface area contributed by atoms with Crippen LogP contribution in [0.25, 0.3) is 16.7 Å². The number of halogens is 4. The average molecular weight is 372 g/mol. The van der Waals surface area contributed by atoms with Gasteiger partial charge in [-0.15, -0.1) is 11.6 Å². The molecule has 1 atom stereocenters. The van der Waals surface area contributed by atoms with Gasteiger partial charge in [0.1, 0.15) is 17.5 Å². The van der Waals surface area contributed by atoms with E-state index < -0.39 is 17.0 Å². The van der Waals surface area contributed by atoms with E-state index in [9.17, 15) is 8.78 Å². The Labute approximate surface area is 133 Å². The van der Waals surface area contributed by atoms with Crippen LogP contribution in [0.3, 0.4) is 0 Å². The monoisotopic (exact) mass is 370 g/mol. The number of benzene rings is 2. The summed E-state index contributed by atoms with van der Waals surface area (Å²) in [6.07, 6.45) is 0. The second-order valence-electron chi connectivity index (χ2n) is 4.63. The first-order chi connectivity index (χ1) is 9.99. The lowest BCUT2D eigenvalue weighted by Gasteiger charge is -2.12. The van der Waals surface area contributed by atoms with Crippen LogP contribution >= 0.6 is 27.5 Å². The van der Waals surface area contributed by atoms with E-state index in [1.54, 1.807) is 17.6 Å². The second-order valence-corrected chi connectivity index (χ2v) is 6.14. The number of hydrogen-bond acceptors (Lipinski definition) is 1. The summed E-state index contributed by atoms with van der Waals surface area (Å²) in [5.74, 6) is -0.624. The molecule has 0 saturated carbocycles. The molecule has 108 valence electrons. The summed E-state index contributed by atoms with van der Waals surface area (Å²) in [5.41, 5.74) is 1.45. The minimum Gasteiger partial charge on any atom is -0.292 e. The van der Waals surface area contributed by atoms with Gasteiger partial charge in [-0.2, -0.15) is 0 Å². The summed E-state index contributed by atoms with van der Waals surface area (Å²) >= 11 is 9.12. The molecule has 0 fully saturated rings. The maximum Gasteiger partial charge on any atom is 0.148 e. The Hall–Kier alpha value is -1.46. The highest BCUT2D eigenvalue weighted by molar-refractivity contribution is 9.10. The highest BCUT2D eigenvalue weighted by atomic mass is 79.9. The Kier molecular flexibility index (Phi) is 3.71. The van der Waals surface area contributed by atoms with Crippen molar-refractivity contribution in [2.24, 2.45) is 0 Å². The van der Waals surface area contributed by atoms with Crippen molar-refractivity contribution in [1.29, 1.82) is 0 Å². The van der Waals surface area contributed by atoms with Gasteiger partial charge >= 0.3 is 0 Å². The summed E-state index contributed by atoms with van der Waals surface area (Å²) < 4.78 is 29.7. The van der Waals surface area contributed by atoms with Crippen molar-refractivity contribution in [3.05, 3.63) is 58.3 Å². The molecule has 0 aliphatic carbocycles. The molecule has 0 spiro atoms. The van der Waals surface area contributed by atoms with Crippen LogP contribution in [0, 0.1) is 11.6 Å². The van der Waals surface area contributed by atoms with Crippen molar-refractivity contribution in [2.75, 3.05) is 0 Å². The predicted molar refractivity (Wildman–Crippen MR) is 83.0 cm³/mol. The minimum absolute atomic E-state index is 0.0774. The molecule has 0 N–H and O–H groups in total. The third kappa shape index (κ3) is 2.45. The number of hydrogen-bond donors (Lipinski definition) is 0. The van der Waals surface area contributed by atoms with Crippen LogP contribution in [0.2, 0.25) is 0 Å². The van der Waals surface area contributed by atoms with Gasteiger partial charge in [-0.05, 0) is 41.1 Å². The fraction of sp³-hybridized carbons (Fsp3) is 0.133. The standard InChI is InChI=1S/C15H10BrClF2N2/c1-8(17)15-20-12-4-2-3-5-13(12)21(15)14-7-10(18)9(16)6-11(14)19/h2-8H,1H3. The zero-order chi connectivity index (χ0) is 15.1. The Morgan fingerprint density at radius 1 is 1.19 bits per heavy atom. The molecule has 0 bridgehead atoms. The van der Waals surface area contributed by atoms with Gasteiger partial charge in [0.15, 0.2) is 0 Å². The fourth-order valence-electron chi connectivity index (χ4n) is 2.25. The summed E-state index contributed by atoms with van der Waals surface area (Å²) in [5, 5.41) is -0.441. The van der Waals surface area contributed by atoms with Crippen LogP contribution in [0.15, 0.2) is 40.9 Å². The molecule has 6 heteroatoms. The van der Waals surface area contributed by atoms with E-state index in [0.29, 0.717) is 16.9 Å². The SMILES string of the molecule is CC(Cl)c1nc2ccccc2n1-c1cc(F)c(Br)cc1F. The number of nitrogens with zero attached hydrogens (tertiary/aromatic N) is 2. The van der Waals surface area contributed by atoms with E-state index >= 15 is 0 Å². The third-order valence-corrected chi connectivity index (χ3v) is 3.98. The van der Waals surface area contributed by atoms with Crippen LogP contribution in [-0.4, -0.2) is 9.55 Å². The van der Waals surface area contributed by atoms with Gasteiger partial charge in [-0.25, -0.2) is 13.8 Å². The fourth-order valence-corrected chi connectivity index (χ4v) is 2.71. The van der Waals surface area contributed by atoms with Crippen molar-refractivity contribution >= 4 is 38.6 Å². The number of rotatable bonds is 2. The number of aromatic nitrogens is 2. The van der Waals surface area contributed by atoms with E-state index in [4.69, 9.17) is 11.6 Å².